The number of nitro groups is 1. The summed E-state index contributed by atoms with van der Waals surface area (Å²) in [5.41, 5.74) is -0.259. The summed E-state index contributed by atoms with van der Waals surface area (Å²) >= 11 is 0. The molecule has 0 spiro atoms. The lowest BCUT2D eigenvalue weighted by atomic mass is 10.0. The number of aliphatic hydroxyl groups is 1. The van der Waals surface area contributed by atoms with Gasteiger partial charge in [0.15, 0.2) is 0 Å². The van der Waals surface area contributed by atoms with Gasteiger partial charge in [0.05, 0.1) is 10.5 Å². The molecule has 0 bridgehead atoms. The van der Waals surface area contributed by atoms with Crippen molar-refractivity contribution in [2.24, 2.45) is 7.05 Å². The van der Waals surface area contributed by atoms with Gasteiger partial charge in [0.2, 0.25) is 5.82 Å². The lowest BCUT2D eigenvalue weighted by molar-refractivity contribution is -0.384. The second-order valence-electron chi connectivity index (χ2n) is 5.16. The van der Waals surface area contributed by atoms with E-state index < -0.39 is 10.5 Å². The van der Waals surface area contributed by atoms with Crippen LogP contribution in [0.5, 0.6) is 0 Å². The summed E-state index contributed by atoms with van der Waals surface area (Å²) in [6, 6.07) is 0. The molecule has 2 N–H and O–H groups in total. The maximum Gasteiger partial charge on any atom is 0.333 e. The molecule has 7 heteroatoms. The first-order chi connectivity index (χ1) is 8.97. The second kappa shape index (κ2) is 5.16. The molecule has 0 atom stereocenters. The molecule has 1 aromatic rings. The van der Waals surface area contributed by atoms with Gasteiger partial charge in [-0.25, -0.2) is 4.68 Å². The van der Waals surface area contributed by atoms with Crippen LogP contribution < -0.4 is 5.32 Å². The van der Waals surface area contributed by atoms with E-state index in [4.69, 9.17) is 0 Å². The molecule has 7 nitrogen and oxygen atoms in total. The van der Waals surface area contributed by atoms with Crippen LogP contribution in [0.4, 0.5) is 11.5 Å². The molecule has 1 aliphatic carbocycles. The maximum absolute atomic E-state index is 11.1. The van der Waals surface area contributed by atoms with Crippen LogP contribution in [0.3, 0.4) is 0 Å². The van der Waals surface area contributed by atoms with E-state index in [0.717, 1.165) is 25.7 Å². The van der Waals surface area contributed by atoms with E-state index in [1.165, 1.54) is 4.68 Å². The number of rotatable bonds is 5. The van der Waals surface area contributed by atoms with E-state index in [0.29, 0.717) is 24.5 Å². The first-order valence-corrected chi connectivity index (χ1v) is 6.63. The second-order valence-corrected chi connectivity index (χ2v) is 5.16. The van der Waals surface area contributed by atoms with Crippen LogP contribution in [-0.2, 0) is 13.5 Å². The SMILES string of the molecule is CCc1nn(C)c(NCC2(O)CCCC2)c1[N+](=O)[O-]. The van der Waals surface area contributed by atoms with E-state index in [-0.39, 0.29) is 5.69 Å². The third-order valence-corrected chi connectivity index (χ3v) is 3.73. The Kier molecular flexibility index (Phi) is 3.75. The summed E-state index contributed by atoms with van der Waals surface area (Å²) in [5, 5.41) is 28.6. The Balaban J connectivity index is 2.19. The number of aryl methyl sites for hydroxylation is 2. The van der Waals surface area contributed by atoms with Gasteiger partial charge >= 0.3 is 5.69 Å². The van der Waals surface area contributed by atoms with Crippen molar-refractivity contribution in [3.05, 3.63) is 15.8 Å². The van der Waals surface area contributed by atoms with Gasteiger partial charge in [0.1, 0.15) is 5.69 Å². The van der Waals surface area contributed by atoms with Crippen LogP contribution in [0.15, 0.2) is 0 Å². The molecule has 0 aromatic carbocycles. The van der Waals surface area contributed by atoms with Gasteiger partial charge in [-0.2, -0.15) is 5.10 Å². The minimum Gasteiger partial charge on any atom is -0.388 e. The van der Waals surface area contributed by atoms with Crippen LogP contribution in [0, 0.1) is 10.1 Å². The average Bonchev–Trinajstić information content (AvgIpc) is 2.91. The molecule has 1 aliphatic rings. The van der Waals surface area contributed by atoms with Gasteiger partial charge in [-0.15, -0.1) is 0 Å². The lowest BCUT2D eigenvalue weighted by Crippen LogP contribution is -2.34. The zero-order valence-electron chi connectivity index (χ0n) is 11.3. The molecular formula is C12H20N4O3. The normalized spacial score (nSPS) is 17.6. The van der Waals surface area contributed by atoms with Crippen molar-refractivity contribution in [3.8, 4) is 0 Å². The highest BCUT2D eigenvalue weighted by Crippen LogP contribution is 2.32. The highest BCUT2D eigenvalue weighted by molar-refractivity contribution is 5.60. The molecule has 106 valence electrons. The Labute approximate surface area is 111 Å². The third-order valence-electron chi connectivity index (χ3n) is 3.73. The van der Waals surface area contributed by atoms with Crippen molar-refractivity contribution < 1.29 is 10.0 Å². The van der Waals surface area contributed by atoms with Gasteiger partial charge in [0, 0.05) is 13.6 Å². The van der Waals surface area contributed by atoms with Crippen molar-refractivity contribution in [1.82, 2.24) is 9.78 Å². The van der Waals surface area contributed by atoms with E-state index in [1.807, 2.05) is 6.92 Å². The molecule has 0 aliphatic heterocycles. The fourth-order valence-corrected chi connectivity index (χ4v) is 2.65. The average molecular weight is 268 g/mol. The summed E-state index contributed by atoms with van der Waals surface area (Å²) in [6.07, 6.45) is 4.01. The first-order valence-electron chi connectivity index (χ1n) is 6.63. The Morgan fingerprint density at radius 3 is 2.68 bits per heavy atom. The van der Waals surface area contributed by atoms with Crippen molar-refractivity contribution in [3.63, 3.8) is 0 Å². The van der Waals surface area contributed by atoms with Crippen molar-refractivity contribution in [1.29, 1.82) is 0 Å². The summed E-state index contributed by atoms with van der Waals surface area (Å²) in [5.74, 6) is 0.377. The molecule has 1 fully saturated rings. The number of nitrogens with one attached hydrogen (secondary N) is 1. The highest BCUT2D eigenvalue weighted by atomic mass is 16.6. The molecule has 19 heavy (non-hydrogen) atoms. The first kappa shape index (κ1) is 13.8. The Morgan fingerprint density at radius 1 is 1.53 bits per heavy atom. The van der Waals surface area contributed by atoms with Crippen LogP contribution >= 0.6 is 0 Å². The standard InChI is InChI=1S/C12H20N4O3/c1-3-9-10(16(18)19)11(15(2)14-9)13-8-12(17)6-4-5-7-12/h13,17H,3-8H2,1-2H3. The Bertz CT molecular complexity index is 478. The molecule has 1 heterocycles. The fourth-order valence-electron chi connectivity index (χ4n) is 2.65. The Hall–Kier alpha value is -1.63. The zero-order valence-corrected chi connectivity index (χ0v) is 11.3. The van der Waals surface area contributed by atoms with Gasteiger partial charge in [-0.1, -0.05) is 19.8 Å². The zero-order chi connectivity index (χ0) is 14.0. The van der Waals surface area contributed by atoms with Crippen molar-refractivity contribution >= 4 is 11.5 Å². The lowest BCUT2D eigenvalue weighted by Gasteiger charge is -2.22. The smallest absolute Gasteiger partial charge is 0.333 e. The van der Waals surface area contributed by atoms with Crippen LogP contribution in [0.1, 0.15) is 38.3 Å². The minimum atomic E-state index is -0.746. The van der Waals surface area contributed by atoms with Gasteiger partial charge < -0.3 is 10.4 Å². The van der Waals surface area contributed by atoms with E-state index in [9.17, 15) is 15.2 Å². The molecule has 1 aromatic heterocycles. The summed E-state index contributed by atoms with van der Waals surface area (Å²) in [4.78, 5) is 10.7. The van der Waals surface area contributed by atoms with Crippen LogP contribution in [0.25, 0.3) is 0 Å². The third kappa shape index (κ3) is 2.70. The number of anilines is 1. The fraction of sp³-hybridized carbons (Fsp3) is 0.750. The molecular weight excluding hydrogens is 248 g/mol. The highest BCUT2D eigenvalue weighted by Gasteiger charge is 2.33. The van der Waals surface area contributed by atoms with E-state index >= 15 is 0 Å². The van der Waals surface area contributed by atoms with Gasteiger partial charge in [-0.05, 0) is 19.3 Å². The minimum absolute atomic E-state index is 0.0200. The predicted molar refractivity (Wildman–Crippen MR) is 71.1 cm³/mol. The van der Waals surface area contributed by atoms with Crippen molar-refractivity contribution in [2.45, 2.75) is 44.6 Å². The van der Waals surface area contributed by atoms with Crippen LogP contribution in [0.2, 0.25) is 0 Å². The number of hydrogen-bond acceptors (Lipinski definition) is 5. The van der Waals surface area contributed by atoms with Gasteiger partial charge in [0.25, 0.3) is 0 Å². The molecule has 0 saturated heterocycles. The number of nitrogens with zero attached hydrogens (tertiary/aromatic N) is 3. The van der Waals surface area contributed by atoms with E-state index in [1.54, 1.807) is 7.05 Å². The van der Waals surface area contributed by atoms with Crippen molar-refractivity contribution in [2.75, 3.05) is 11.9 Å². The molecule has 0 amide bonds. The molecule has 1 saturated carbocycles. The maximum atomic E-state index is 11.1. The van der Waals surface area contributed by atoms with E-state index in [2.05, 4.69) is 10.4 Å². The molecule has 0 radical (unpaired) electrons. The quantitative estimate of drug-likeness (QED) is 0.625. The largest absolute Gasteiger partial charge is 0.388 e. The molecule has 2 rings (SSSR count). The summed E-state index contributed by atoms with van der Waals surface area (Å²) in [6.45, 7) is 2.17. The van der Waals surface area contributed by atoms with Crippen LogP contribution in [-0.4, -0.2) is 32.0 Å². The molecule has 0 unspecified atom stereocenters. The summed E-state index contributed by atoms with van der Waals surface area (Å²) in [7, 11) is 1.67. The topological polar surface area (TPSA) is 93.2 Å². The number of aromatic nitrogens is 2. The van der Waals surface area contributed by atoms with Gasteiger partial charge in [-0.3, -0.25) is 10.1 Å². The Morgan fingerprint density at radius 2 is 2.16 bits per heavy atom. The predicted octanol–water partition coefficient (Wildman–Crippen LogP) is 1.61. The summed E-state index contributed by atoms with van der Waals surface area (Å²) < 4.78 is 1.48. The monoisotopic (exact) mass is 268 g/mol. The number of hydrogen-bond donors (Lipinski definition) is 2.